The van der Waals surface area contributed by atoms with Crippen LogP contribution in [0, 0.1) is 0 Å². The number of hydrogen-bond acceptors (Lipinski definition) is 5. The first-order chi connectivity index (χ1) is 9.63. The van der Waals surface area contributed by atoms with Crippen LogP contribution >= 0.6 is 11.6 Å². The summed E-state index contributed by atoms with van der Waals surface area (Å²) in [5.41, 5.74) is 0.176. The van der Waals surface area contributed by atoms with E-state index < -0.39 is 0 Å². The molecule has 1 aromatic heterocycles. The Hall–Kier alpha value is -1.37. The van der Waals surface area contributed by atoms with E-state index in [0.717, 1.165) is 0 Å². The van der Waals surface area contributed by atoms with Crippen LogP contribution in [0.2, 0.25) is 5.02 Å². The number of nitrogens with zero attached hydrogens (tertiary/aromatic N) is 2. The van der Waals surface area contributed by atoms with Gasteiger partial charge in [-0.25, -0.2) is 4.98 Å². The number of amides is 1. The summed E-state index contributed by atoms with van der Waals surface area (Å²) in [4.78, 5) is 18.1. The van der Waals surface area contributed by atoms with Gasteiger partial charge in [-0.2, -0.15) is 0 Å². The molecule has 6 nitrogen and oxygen atoms in total. The number of ether oxygens (including phenoxy) is 1. The van der Waals surface area contributed by atoms with Crippen molar-refractivity contribution in [3.63, 3.8) is 0 Å². The minimum atomic E-state index is -0.319. The van der Waals surface area contributed by atoms with Gasteiger partial charge < -0.3 is 20.1 Å². The lowest BCUT2D eigenvalue weighted by molar-refractivity contribution is 0.0651. The second-order valence-electron chi connectivity index (χ2n) is 4.07. The number of pyridine rings is 1. The maximum absolute atomic E-state index is 12.4. The molecule has 0 saturated heterocycles. The zero-order valence-corrected chi connectivity index (χ0v) is 12.5. The Kier molecular flexibility index (Phi) is 7.28. The first-order valence-electron chi connectivity index (χ1n) is 6.43. The van der Waals surface area contributed by atoms with Gasteiger partial charge >= 0.3 is 0 Å². The average molecular weight is 302 g/mol. The summed E-state index contributed by atoms with van der Waals surface area (Å²) in [6.45, 7) is 3.49. The van der Waals surface area contributed by atoms with E-state index in [4.69, 9.17) is 21.4 Å². The Morgan fingerprint density at radius 3 is 2.85 bits per heavy atom. The van der Waals surface area contributed by atoms with Gasteiger partial charge in [0.2, 0.25) is 0 Å². The van der Waals surface area contributed by atoms with Crippen molar-refractivity contribution < 1.29 is 14.6 Å². The number of aliphatic hydroxyl groups is 1. The van der Waals surface area contributed by atoms with Crippen LogP contribution in [0.25, 0.3) is 0 Å². The monoisotopic (exact) mass is 301 g/mol. The quantitative estimate of drug-likeness (QED) is 0.756. The third kappa shape index (κ3) is 4.63. The molecule has 0 aliphatic heterocycles. The SMILES string of the molecule is CCNc1ccc(Cl)c(C(=O)N(CCO)CCOC)n1. The summed E-state index contributed by atoms with van der Waals surface area (Å²) in [5, 5.41) is 12.4. The number of anilines is 1. The van der Waals surface area contributed by atoms with Crippen molar-refractivity contribution in [2.75, 3.05) is 45.3 Å². The molecule has 2 N–H and O–H groups in total. The molecule has 7 heteroatoms. The minimum absolute atomic E-state index is 0.125. The zero-order chi connectivity index (χ0) is 15.0. The fourth-order valence-electron chi connectivity index (χ4n) is 1.66. The van der Waals surface area contributed by atoms with Crippen LogP contribution < -0.4 is 5.32 Å². The van der Waals surface area contributed by atoms with Crippen molar-refractivity contribution in [3.05, 3.63) is 22.8 Å². The summed E-state index contributed by atoms with van der Waals surface area (Å²) < 4.78 is 4.96. The molecule has 0 bridgehead atoms. The highest BCUT2D eigenvalue weighted by Crippen LogP contribution is 2.18. The third-order valence-electron chi connectivity index (χ3n) is 2.63. The fraction of sp³-hybridized carbons (Fsp3) is 0.538. The van der Waals surface area contributed by atoms with Crippen molar-refractivity contribution in [2.45, 2.75) is 6.92 Å². The number of nitrogens with one attached hydrogen (secondary N) is 1. The molecule has 1 rings (SSSR count). The maximum Gasteiger partial charge on any atom is 0.274 e. The topological polar surface area (TPSA) is 74.7 Å². The molecular formula is C13H20ClN3O3. The van der Waals surface area contributed by atoms with Gasteiger partial charge in [0.05, 0.1) is 18.2 Å². The van der Waals surface area contributed by atoms with Gasteiger partial charge in [0.15, 0.2) is 0 Å². The lowest BCUT2D eigenvalue weighted by atomic mass is 10.3. The highest BCUT2D eigenvalue weighted by Gasteiger charge is 2.20. The van der Waals surface area contributed by atoms with Crippen LogP contribution in [-0.4, -0.2) is 60.9 Å². The molecule has 0 spiro atoms. The molecule has 1 amide bonds. The Balaban J connectivity index is 2.94. The van der Waals surface area contributed by atoms with Crippen LogP contribution in [0.5, 0.6) is 0 Å². The number of rotatable bonds is 8. The van der Waals surface area contributed by atoms with Crippen molar-refractivity contribution in [1.82, 2.24) is 9.88 Å². The number of hydrogen-bond donors (Lipinski definition) is 2. The van der Waals surface area contributed by atoms with E-state index in [2.05, 4.69) is 10.3 Å². The molecule has 0 saturated carbocycles. The highest BCUT2D eigenvalue weighted by molar-refractivity contribution is 6.33. The minimum Gasteiger partial charge on any atom is -0.395 e. The van der Waals surface area contributed by atoms with Gasteiger partial charge in [-0.3, -0.25) is 4.79 Å². The molecule has 0 radical (unpaired) electrons. The van der Waals surface area contributed by atoms with E-state index in [9.17, 15) is 4.79 Å². The largest absolute Gasteiger partial charge is 0.395 e. The number of halogens is 1. The fourth-order valence-corrected chi connectivity index (χ4v) is 1.84. The molecule has 1 heterocycles. The van der Waals surface area contributed by atoms with Crippen LogP contribution in [0.3, 0.4) is 0 Å². The van der Waals surface area contributed by atoms with Crippen molar-refractivity contribution in [1.29, 1.82) is 0 Å². The van der Waals surface area contributed by atoms with Crippen LogP contribution in [0.4, 0.5) is 5.82 Å². The average Bonchev–Trinajstić information content (AvgIpc) is 2.45. The first-order valence-corrected chi connectivity index (χ1v) is 6.81. The van der Waals surface area contributed by atoms with Crippen molar-refractivity contribution >= 4 is 23.3 Å². The predicted molar refractivity (Wildman–Crippen MR) is 78.3 cm³/mol. The molecule has 1 aromatic rings. The molecule has 0 unspecified atom stereocenters. The van der Waals surface area contributed by atoms with Gasteiger partial charge in [-0.1, -0.05) is 11.6 Å². The van der Waals surface area contributed by atoms with Crippen LogP contribution in [0.1, 0.15) is 17.4 Å². The van der Waals surface area contributed by atoms with Gasteiger partial charge in [0, 0.05) is 26.7 Å². The predicted octanol–water partition coefficient (Wildman–Crippen LogP) is 1.25. The summed E-state index contributed by atoms with van der Waals surface area (Å²) in [6.07, 6.45) is 0. The second-order valence-corrected chi connectivity index (χ2v) is 4.47. The highest BCUT2D eigenvalue weighted by atomic mass is 35.5. The Morgan fingerprint density at radius 1 is 1.50 bits per heavy atom. The molecule has 0 atom stereocenters. The second kappa shape index (κ2) is 8.73. The van der Waals surface area contributed by atoms with Gasteiger partial charge in [0.25, 0.3) is 5.91 Å². The molecule has 0 aromatic carbocycles. The molecule has 0 aliphatic rings. The Morgan fingerprint density at radius 2 is 2.25 bits per heavy atom. The van der Waals surface area contributed by atoms with E-state index in [-0.39, 0.29) is 29.8 Å². The van der Waals surface area contributed by atoms with Crippen LogP contribution in [0.15, 0.2) is 12.1 Å². The third-order valence-corrected chi connectivity index (χ3v) is 2.93. The number of carbonyl (C=O) groups excluding carboxylic acids is 1. The normalized spacial score (nSPS) is 10.4. The number of aliphatic hydroxyl groups excluding tert-OH is 1. The smallest absolute Gasteiger partial charge is 0.274 e. The van der Waals surface area contributed by atoms with Gasteiger partial charge in [-0.15, -0.1) is 0 Å². The van der Waals surface area contributed by atoms with Crippen molar-refractivity contribution in [3.8, 4) is 0 Å². The summed E-state index contributed by atoms with van der Waals surface area (Å²) in [7, 11) is 1.55. The van der Waals surface area contributed by atoms with Gasteiger partial charge in [-0.05, 0) is 19.1 Å². The maximum atomic E-state index is 12.4. The van der Waals surface area contributed by atoms with Crippen molar-refractivity contribution in [2.24, 2.45) is 0 Å². The number of carbonyl (C=O) groups is 1. The number of aromatic nitrogens is 1. The lowest BCUT2D eigenvalue weighted by Crippen LogP contribution is -2.36. The first kappa shape index (κ1) is 16.7. The Bertz CT molecular complexity index is 443. The molecule has 112 valence electrons. The molecule has 20 heavy (non-hydrogen) atoms. The van der Waals surface area contributed by atoms with E-state index in [0.29, 0.717) is 25.5 Å². The van der Waals surface area contributed by atoms with E-state index in [1.807, 2.05) is 6.92 Å². The zero-order valence-electron chi connectivity index (χ0n) is 11.7. The van der Waals surface area contributed by atoms with Gasteiger partial charge in [0.1, 0.15) is 11.5 Å². The molecule has 0 aliphatic carbocycles. The van der Waals surface area contributed by atoms with E-state index in [1.54, 1.807) is 19.2 Å². The summed E-state index contributed by atoms with van der Waals surface area (Å²) in [6, 6.07) is 3.35. The standard InChI is InChI=1S/C13H20ClN3O3/c1-3-15-11-5-4-10(14)12(16-11)13(19)17(6-8-18)7-9-20-2/h4-5,18H,3,6-9H2,1-2H3,(H,15,16). The Labute approximate surface area is 123 Å². The number of methoxy groups -OCH3 is 1. The van der Waals surface area contributed by atoms with E-state index in [1.165, 1.54) is 4.90 Å². The van der Waals surface area contributed by atoms with E-state index >= 15 is 0 Å². The lowest BCUT2D eigenvalue weighted by Gasteiger charge is -2.21. The molecule has 0 fully saturated rings. The van der Waals surface area contributed by atoms with Crippen LogP contribution in [-0.2, 0) is 4.74 Å². The summed E-state index contributed by atoms with van der Waals surface area (Å²) >= 11 is 6.04. The summed E-state index contributed by atoms with van der Waals surface area (Å²) in [5.74, 6) is 0.275. The molecular weight excluding hydrogens is 282 g/mol.